The molecule has 164 valence electrons. The smallest absolute Gasteiger partial charge is 0.191 e. The van der Waals surface area contributed by atoms with E-state index in [0.29, 0.717) is 24.6 Å². The third-order valence-corrected chi connectivity index (χ3v) is 6.32. The first kappa shape index (κ1) is 24.4. The number of halogens is 1. The summed E-state index contributed by atoms with van der Waals surface area (Å²) >= 11 is 0. The fourth-order valence-electron chi connectivity index (χ4n) is 4.57. The second-order valence-electron chi connectivity index (χ2n) is 9.79. The summed E-state index contributed by atoms with van der Waals surface area (Å²) in [6.07, 6.45) is 0.842. The normalized spacial score (nSPS) is 26.7. The number of fused-ring (bicyclic) bond motifs is 1. The van der Waals surface area contributed by atoms with E-state index in [1.54, 1.807) is 0 Å². The second-order valence-corrected chi connectivity index (χ2v) is 9.79. The molecule has 3 N–H and O–H groups in total. The van der Waals surface area contributed by atoms with Crippen LogP contribution in [-0.4, -0.2) is 42.9 Å². The zero-order valence-corrected chi connectivity index (χ0v) is 21.0. The molecule has 4 unspecified atom stereocenters. The van der Waals surface area contributed by atoms with Gasteiger partial charge in [-0.25, -0.2) is 0 Å². The first-order chi connectivity index (χ1) is 13.1. The molecular weight excluding hydrogens is 477 g/mol. The van der Waals surface area contributed by atoms with Crippen LogP contribution in [-0.2, 0) is 10.2 Å². The molecule has 2 fully saturated rings. The molecule has 1 aliphatic heterocycles. The van der Waals surface area contributed by atoms with Gasteiger partial charge in [-0.3, -0.25) is 4.99 Å². The van der Waals surface area contributed by atoms with Crippen molar-refractivity contribution in [2.45, 2.75) is 71.6 Å². The molecule has 0 radical (unpaired) electrons. The summed E-state index contributed by atoms with van der Waals surface area (Å²) in [5, 5.41) is 17.5. The van der Waals surface area contributed by atoms with Gasteiger partial charge in [0.1, 0.15) is 0 Å². The second kappa shape index (κ2) is 9.52. The van der Waals surface area contributed by atoms with E-state index in [2.05, 4.69) is 69.3 Å². The summed E-state index contributed by atoms with van der Waals surface area (Å²) < 4.78 is 5.89. The Hall–Kier alpha value is -0.860. The van der Waals surface area contributed by atoms with Gasteiger partial charge in [0.15, 0.2) is 5.96 Å². The number of nitrogens with one attached hydrogen (secondary N) is 2. The largest absolute Gasteiger partial charge is 0.386 e. The summed E-state index contributed by atoms with van der Waals surface area (Å²) in [6.45, 7) is 15.1. The quantitative estimate of drug-likeness (QED) is 0.315. The van der Waals surface area contributed by atoms with Crippen LogP contribution in [0.1, 0.15) is 65.2 Å². The minimum atomic E-state index is -0.610. The predicted octanol–water partition coefficient (Wildman–Crippen LogP) is 4.00. The van der Waals surface area contributed by atoms with Crippen LogP contribution in [0.4, 0.5) is 0 Å². The van der Waals surface area contributed by atoms with Crippen molar-refractivity contribution in [1.82, 2.24) is 10.6 Å². The minimum absolute atomic E-state index is 0. The van der Waals surface area contributed by atoms with Crippen LogP contribution in [0.25, 0.3) is 0 Å². The number of benzene rings is 1. The van der Waals surface area contributed by atoms with Gasteiger partial charge in [0.2, 0.25) is 0 Å². The van der Waals surface area contributed by atoms with E-state index in [1.165, 1.54) is 5.56 Å². The highest BCUT2D eigenvalue weighted by atomic mass is 127. The monoisotopic (exact) mass is 515 g/mol. The lowest BCUT2D eigenvalue weighted by atomic mass is 9.57. The summed E-state index contributed by atoms with van der Waals surface area (Å²) in [4.78, 5) is 4.67. The highest BCUT2D eigenvalue weighted by molar-refractivity contribution is 14.0. The fourth-order valence-corrected chi connectivity index (χ4v) is 4.57. The van der Waals surface area contributed by atoms with Crippen LogP contribution in [0.2, 0.25) is 0 Å². The summed E-state index contributed by atoms with van der Waals surface area (Å²) in [7, 11) is 0. The van der Waals surface area contributed by atoms with Crippen LogP contribution < -0.4 is 10.6 Å². The molecule has 0 aromatic heterocycles. The Labute approximate surface area is 193 Å². The standard InChI is InChI=1S/C23H37N3O2.HI/c1-7-24-21(26-19-17-12-13-28-20(17)23(19,5)6)25-14-18(27)15-8-10-16(11-9-15)22(2,3)4;/h8-11,17-20,27H,7,12-14H2,1-6H3,(H2,24,25,26);1H. The van der Waals surface area contributed by atoms with E-state index in [0.717, 1.165) is 31.1 Å². The van der Waals surface area contributed by atoms with Gasteiger partial charge in [0.25, 0.3) is 0 Å². The number of aliphatic imine (C=N–C) groups is 1. The molecule has 1 aliphatic carbocycles. The molecule has 5 nitrogen and oxygen atoms in total. The molecule has 1 saturated heterocycles. The third kappa shape index (κ3) is 5.25. The average Bonchev–Trinajstić information content (AvgIpc) is 3.10. The fraction of sp³-hybridized carbons (Fsp3) is 0.696. The Morgan fingerprint density at radius 2 is 1.93 bits per heavy atom. The van der Waals surface area contributed by atoms with Crippen molar-refractivity contribution in [1.29, 1.82) is 0 Å². The topological polar surface area (TPSA) is 65.9 Å². The van der Waals surface area contributed by atoms with Gasteiger partial charge in [-0.05, 0) is 29.9 Å². The van der Waals surface area contributed by atoms with Gasteiger partial charge < -0.3 is 20.5 Å². The van der Waals surface area contributed by atoms with Crippen molar-refractivity contribution < 1.29 is 9.84 Å². The lowest BCUT2D eigenvalue weighted by Crippen LogP contribution is -2.68. The highest BCUT2D eigenvalue weighted by Crippen LogP contribution is 2.52. The molecule has 0 spiro atoms. The van der Waals surface area contributed by atoms with Crippen molar-refractivity contribution in [3.8, 4) is 0 Å². The average molecular weight is 515 g/mol. The highest BCUT2D eigenvalue weighted by Gasteiger charge is 2.59. The first-order valence-corrected chi connectivity index (χ1v) is 10.6. The molecule has 1 aromatic rings. The zero-order valence-electron chi connectivity index (χ0n) is 18.7. The molecular formula is C23H38IN3O2. The number of nitrogens with zero attached hydrogens (tertiary/aromatic N) is 1. The number of hydrogen-bond donors (Lipinski definition) is 3. The zero-order chi connectivity index (χ0) is 20.5. The number of rotatable bonds is 5. The minimum Gasteiger partial charge on any atom is -0.386 e. The number of aliphatic hydroxyl groups is 1. The summed E-state index contributed by atoms with van der Waals surface area (Å²) in [5.41, 5.74) is 2.38. The maximum atomic E-state index is 10.6. The Balaban J connectivity index is 0.00000300. The summed E-state index contributed by atoms with van der Waals surface area (Å²) in [6, 6.07) is 8.57. The molecule has 0 bridgehead atoms. The van der Waals surface area contributed by atoms with Crippen LogP contribution in [0, 0.1) is 11.3 Å². The SMILES string of the molecule is CCNC(=NCC(O)c1ccc(C(C)(C)C)cc1)NC1C2CCOC2C1(C)C.I. The predicted molar refractivity (Wildman–Crippen MR) is 130 cm³/mol. The Morgan fingerprint density at radius 1 is 1.28 bits per heavy atom. The molecule has 1 aromatic carbocycles. The first-order valence-electron chi connectivity index (χ1n) is 10.6. The maximum absolute atomic E-state index is 10.6. The number of guanidine groups is 1. The van der Waals surface area contributed by atoms with E-state index >= 15 is 0 Å². The number of hydrogen-bond acceptors (Lipinski definition) is 3. The van der Waals surface area contributed by atoms with E-state index in [4.69, 9.17) is 4.74 Å². The maximum Gasteiger partial charge on any atom is 0.191 e. The summed E-state index contributed by atoms with van der Waals surface area (Å²) in [5.74, 6) is 1.32. The van der Waals surface area contributed by atoms with Crippen LogP contribution in [0.5, 0.6) is 0 Å². The van der Waals surface area contributed by atoms with E-state index in [-0.39, 0.29) is 34.8 Å². The van der Waals surface area contributed by atoms with Crippen LogP contribution in [0.15, 0.2) is 29.3 Å². The van der Waals surface area contributed by atoms with Gasteiger partial charge in [0.05, 0.1) is 18.8 Å². The molecule has 3 rings (SSSR count). The molecule has 1 saturated carbocycles. The van der Waals surface area contributed by atoms with Crippen molar-refractivity contribution in [3.63, 3.8) is 0 Å². The van der Waals surface area contributed by atoms with Crippen LogP contribution in [0.3, 0.4) is 0 Å². The Morgan fingerprint density at radius 3 is 2.52 bits per heavy atom. The van der Waals surface area contributed by atoms with Gasteiger partial charge in [0, 0.05) is 30.5 Å². The van der Waals surface area contributed by atoms with Gasteiger partial charge in [-0.2, -0.15) is 0 Å². The van der Waals surface area contributed by atoms with Crippen LogP contribution >= 0.6 is 24.0 Å². The molecule has 2 aliphatic rings. The van der Waals surface area contributed by atoms with Gasteiger partial charge >= 0.3 is 0 Å². The van der Waals surface area contributed by atoms with Gasteiger partial charge in [-0.1, -0.05) is 58.9 Å². The van der Waals surface area contributed by atoms with E-state index < -0.39 is 6.10 Å². The Bertz CT molecular complexity index is 697. The third-order valence-electron chi connectivity index (χ3n) is 6.32. The Kier molecular flexibility index (Phi) is 8.01. The van der Waals surface area contributed by atoms with E-state index in [9.17, 15) is 5.11 Å². The lowest BCUT2D eigenvalue weighted by molar-refractivity contribution is -0.106. The molecule has 6 heteroatoms. The van der Waals surface area contributed by atoms with Gasteiger partial charge in [-0.15, -0.1) is 24.0 Å². The lowest BCUT2D eigenvalue weighted by Gasteiger charge is -2.54. The molecule has 4 atom stereocenters. The number of ether oxygens (including phenoxy) is 1. The van der Waals surface area contributed by atoms with E-state index in [1.807, 2.05) is 12.1 Å². The molecule has 1 heterocycles. The van der Waals surface area contributed by atoms with Crippen molar-refractivity contribution in [2.24, 2.45) is 16.3 Å². The molecule has 29 heavy (non-hydrogen) atoms. The number of aliphatic hydroxyl groups excluding tert-OH is 1. The van der Waals surface area contributed by atoms with Crippen molar-refractivity contribution >= 4 is 29.9 Å². The molecule has 0 amide bonds. The van der Waals surface area contributed by atoms with Crippen molar-refractivity contribution in [2.75, 3.05) is 19.7 Å². The van der Waals surface area contributed by atoms with Crippen molar-refractivity contribution in [3.05, 3.63) is 35.4 Å².